The average Bonchev–Trinajstić information content (AvgIpc) is 2.48. The number of rotatable bonds is 12. The van der Waals surface area contributed by atoms with Crippen molar-refractivity contribution in [3.8, 4) is 18.0 Å². The van der Waals surface area contributed by atoms with Crippen LogP contribution in [0.4, 0.5) is 0 Å². The van der Waals surface area contributed by atoms with Crippen LogP contribution in [0.15, 0.2) is 0 Å². The van der Waals surface area contributed by atoms with Crippen molar-refractivity contribution >= 4 is 37.9 Å². The Morgan fingerprint density at radius 3 is 1.10 bits per heavy atom. The molecule has 1 aromatic heterocycles. The van der Waals surface area contributed by atoms with E-state index in [0.29, 0.717) is 19.8 Å². The second-order valence-corrected chi connectivity index (χ2v) is 5.30. The summed E-state index contributed by atoms with van der Waals surface area (Å²) >= 11 is 12.4. The Morgan fingerprint density at radius 1 is 0.571 bits per heavy atom. The monoisotopic (exact) mass is 351 g/mol. The fraction of sp³-hybridized carbons (Fsp3) is 0.750. The van der Waals surface area contributed by atoms with Crippen LogP contribution in [-0.2, 0) is 0 Å². The third kappa shape index (κ3) is 8.47. The van der Waals surface area contributed by atoms with Crippen LogP contribution in [0.25, 0.3) is 0 Å². The molecule has 0 radical (unpaired) electrons. The number of ether oxygens (including phenoxy) is 3. The van der Waals surface area contributed by atoms with Gasteiger partial charge in [-0.2, -0.15) is 37.9 Å². The summed E-state index contributed by atoms with van der Waals surface area (Å²) in [7, 11) is 0. The molecule has 0 aliphatic carbocycles. The Kier molecular flexibility index (Phi) is 10.6. The zero-order valence-electron chi connectivity index (χ0n) is 11.8. The van der Waals surface area contributed by atoms with Crippen molar-refractivity contribution in [1.29, 1.82) is 0 Å². The zero-order chi connectivity index (χ0) is 15.3. The molecule has 0 unspecified atom stereocenters. The fourth-order valence-electron chi connectivity index (χ4n) is 1.20. The van der Waals surface area contributed by atoms with Crippen LogP contribution >= 0.6 is 37.9 Å². The molecular formula is C12H21N3O3S3. The molecule has 0 bridgehead atoms. The van der Waals surface area contributed by atoms with E-state index in [-0.39, 0.29) is 18.0 Å². The second kappa shape index (κ2) is 12.0. The summed E-state index contributed by atoms with van der Waals surface area (Å²) in [5, 5.41) is 0. The predicted molar refractivity (Wildman–Crippen MR) is 91.7 cm³/mol. The summed E-state index contributed by atoms with van der Waals surface area (Å²) in [5.41, 5.74) is 0. The number of thiol groups is 3. The largest absolute Gasteiger partial charge is 0.463 e. The smallest absolute Gasteiger partial charge is 0.325 e. The molecule has 0 aliphatic heterocycles. The van der Waals surface area contributed by atoms with E-state index in [9.17, 15) is 0 Å². The van der Waals surface area contributed by atoms with Gasteiger partial charge in [0.05, 0.1) is 19.8 Å². The number of nitrogens with zero attached hydrogens (tertiary/aromatic N) is 3. The van der Waals surface area contributed by atoms with Crippen LogP contribution in [0.1, 0.15) is 19.3 Å². The number of hydrogen-bond acceptors (Lipinski definition) is 9. The van der Waals surface area contributed by atoms with Crippen molar-refractivity contribution < 1.29 is 14.2 Å². The van der Waals surface area contributed by atoms with E-state index >= 15 is 0 Å². The van der Waals surface area contributed by atoms with Crippen LogP contribution in [-0.4, -0.2) is 52.0 Å². The molecule has 1 heterocycles. The van der Waals surface area contributed by atoms with Crippen LogP contribution in [0.3, 0.4) is 0 Å². The third-order valence-corrected chi connectivity index (χ3v) is 3.12. The first-order chi connectivity index (χ1) is 10.3. The fourth-order valence-corrected chi connectivity index (χ4v) is 1.59. The van der Waals surface area contributed by atoms with Crippen molar-refractivity contribution in [1.82, 2.24) is 15.0 Å². The average molecular weight is 352 g/mol. The van der Waals surface area contributed by atoms with Crippen LogP contribution in [0, 0.1) is 0 Å². The van der Waals surface area contributed by atoms with Gasteiger partial charge in [-0.15, -0.1) is 15.0 Å². The quantitative estimate of drug-likeness (QED) is 0.395. The van der Waals surface area contributed by atoms with Crippen molar-refractivity contribution in [2.45, 2.75) is 19.3 Å². The van der Waals surface area contributed by atoms with Crippen molar-refractivity contribution in [3.63, 3.8) is 0 Å². The van der Waals surface area contributed by atoms with E-state index in [1.807, 2.05) is 0 Å². The lowest BCUT2D eigenvalue weighted by Crippen LogP contribution is -2.09. The highest BCUT2D eigenvalue weighted by molar-refractivity contribution is 7.80. The van der Waals surface area contributed by atoms with Gasteiger partial charge in [0.25, 0.3) is 0 Å². The highest BCUT2D eigenvalue weighted by Gasteiger charge is 2.10. The molecular weight excluding hydrogens is 330 g/mol. The third-order valence-electron chi connectivity index (χ3n) is 2.17. The summed E-state index contributed by atoms with van der Waals surface area (Å²) in [4.78, 5) is 12.3. The molecule has 1 rings (SSSR count). The summed E-state index contributed by atoms with van der Waals surface area (Å²) in [6.07, 6.45) is 2.42. The Morgan fingerprint density at radius 2 is 0.857 bits per heavy atom. The minimum atomic E-state index is 0.202. The highest BCUT2D eigenvalue weighted by atomic mass is 32.1. The van der Waals surface area contributed by atoms with Gasteiger partial charge in [0.2, 0.25) is 0 Å². The van der Waals surface area contributed by atoms with Gasteiger partial charge in [0.1, 0.15) is 0 Å². The van der Waals surface area contributed by atoms with E-state index in [4.69, 9.17) is 14.2 Å². The molecule has 0 aliphatic rings. The molecule has 0 atom stereocenters. The van der Waals surface area contributed by atoms with Gasteiger partial charge in [-0.25, -0.2) is 0 Å². The lowest BCUT2D eigenvalue weighted by atomic mass is 10.5. The predicted octanol–water partition coefficient (Wildman–Crippen LogP) is 1.97. The molecule has 21 heavy (non-hydrogen) atoms. The summed E-state index contributed by atoms with van der Waals surface area (Å²) < 4.78 is 16.3. The first-order valence-electron chi connectivity index (χ1n) is 6.77. The summed E-state index contributed by atoms with van der Waals surface area (Å²) in [6.45, 7) is 1.46. The Balaban J connectivity index is 2.65. The van der Waals surface area contributed by atoms with Gasteiger partial charge >= 0.3 is 18.0 Å². The standard InChI is InChI=1S/C12H21N3O3S3/c19-7-1-4-16-10-13-11(17-5-2-8-20)15-12(14-10)18-6-3-9-21/h19-21H,1-9H2. The van der Waals surface area contributed by atoms with Gasteiger partial charge in [-0.05, 0) is 36.5 Å². The minimum absolute atomic E-state index is 0.202. The van der Waals surface area contributed by atoms with E-state index in [0.717, 1.165) is 36.5 Å². The number of hydrogen-bond donors (Lipinski definition) is 3. The molecule has 9 heteroatoms. The highest BCUT2D eigenvalue weighted by Crippen LogP contribution is 2.15. The lowest BCUT2D eigenvalue weighted by Gasteiger charge is -2.09. The Bertz CT molecular complexity index is 330. The van der Waals surface area contributed by atoms with Gasteiger partial charge in [-0.1, -0.05) is 0 Å². The molecule has 120 valence electrons. The first kappa shape index (κ1) is 18.5. The van der Waals surface area contributed by atoms with Crippen molar-refractivity contribution in [2.75, 3.05) is 37.1 Å². The maximum absolute atomic E-state index is 5.44. The zero-order valence-corrected chi connectivity index (χ0v) is 14.5. The molecule has 0 N–H and O–H groups in total. The van der Waals surface area contributed by atoms with Crippen LogP contribution < -0.4 is 14.2 Å². The van der Waals surface area contributed by atoms with Crippen LogP contribution in [0.5, 0.6) is 18.0 Å². The van der Waals surface area contributed by atoms with E-state index in [2.05, 4.69) is 52.8 Å². The van der Waals surface area contributed by atoms with E-state index < -0.39 is 0 Å². The van der Waals surface area contributed by atoms with Crippen molar-refractivity contribution in [2.24, 2.45) is 0 Å². The summed E-state index contributed by atoms with van der Waals surface area (Å²) in [5.74, 6) is 2.21. The SMILES string of the molecule is SCCCOc1nc(OCCCS)nc(OCCCS)n1. The van der Waals surface area contributed by atoms with Crippen LogP contribution in [0.2, 0.25) is 0 Å². The maximum Gasteiger partial charge on any atom is 0.325 e. The first-order valence-corrected chi connectivity index (χ1v) is 8.67. The van der Waals surface area contributed by atoms with E-state index in [1.165, 1.54) is 0 Å². The van der Waals surface area contributed by atoms with E-state index in [1.54, 1.807) is 0 Å². The minimum Gasteiger partial charge on any atom is -0.463 e. The lowest BCUT2D eigenvalue weighted by molar-refractivity contribution is 0.236. The van der Waals surface area contributed by atoms with Crippen molar-refractivity contribution in [3.05, 3.63) is 0 Å². The maximum atomic E-state index is 5.44. The van der Waals surface area contributed by atoms with Gasteiger partial charge in [-0.3, -0.25) is 0 Å². The van der Waals surface area contributed by atoms with Gasteiger partial charge < -0.3 is 14.2 Å². The topological polar surface area (TPSA) is 66.4 Å². The molecule has 0 aromatic carbocycles. The molecule has 6 nitrogen and oxygen atoms in total. The normalized spacial score (nSPS) is 10.4. The molecule has 0 amide bonds. The van der Waals surface area contributed by atoms with Gasteiger partial charge in [0, 0.05) is 0 Å². The second-order valence-electron chi connectivity index (χ2n) is 3.96. The number of aromatic nitrogens is 3. The molecule has 0 saturated heterocycles. The van der Waals surface area contributed by atoms with Gasteiger partial charge in [0.15, 0.2) is 0 Å². The molecule has 0 saturated carbocycles. The summed E-state index contributed by atoms with van der Waals surface area (Å²) in [6, 6.07) is 0.607. The molecule has 1 aromatic rings. The Hall–Kier alpha value is -0.540. The molecule has 0 spiro atoms. The molecule has 0 fully saturated rings. The Labute approximate surface area is 141 Å².